The number of para-hydroxylation sites is 1. The fourth-order valence-electron chi connectivity index (χ4n) is 3.02. The van der Waals surface area contributed by atoms with Crippen LogP contribution in [0.3, 0.4) is 0 Å². The molecule has 0 fully saturated rings. The van der Waals surface area contributed by atoms with Gasteiger partial charge in [-0.15, -0.1) is 0 Å². The van der Waals surface area contributed by atoms with Crippen LogP contribution >= 0.6 is 0 Å². The quantitative estimate of drug-likeness (QED) is 0.425. The Morgan fingerprint density at radius 3 is 2.71 bits per heavy atom. The van der Waals surface area contributed by atoms with Crippen molar-refractivity contribution in [1.29, 1.82) is 0 Å². The maximum atomic E-state index is 13.1. The average molecular weight is 372 g/mol. The Bertz CT molecular complexity index is 1130. The van der Waals surface area contributed by atoms with Gasteiger partial charge >= 0.3 is 0 Å². The van der Waals surface area contributed by atoms with Crippen molar-refractivity contribution >= 4 is 23.0 Å². The first-order chi connectivity index (χ1) is 13.7. The molecule has 0 aliphatic carbocycles. The van der Waals surface area contributed by atoms with E-state index < -0.39 is 0 Å². The number of hydrazone groups is 1. The van der Waals surface area contributed by atoms with Gasteiger partial charge in [0.1, 0.15) is 5.82 Å². The van der Waals surface area contributed by atoms with Crippen molar-refractivity contribution < 1.29 is 9.18 Å². The lowest BCUT2D eigenvalue weighted by atomic mass is 10.2. The van der Waals surface area contributed by atoms with Crippen LogP contribution in [0.5, 0.6) is 0 Å². The first-order valence-corrected chi connectivity index (χ1v) is 8.76. The molecule has 4 rings (SSSR count). The second-order valence-electron chi connectivity index (χ2n) is 6.30. The molecule has 0 unspecified atom stereocenters. The molecule has 5 nitrogen and oxygen atoms in total. The Morgan fingerprint density at radius 1 is 1.11 bits per heavy atom. The van der Waals surface area contributed by atoms with E-state index >= 15 is 0 Å². The van der Waals surface area contributed by atoms with E-state index in [0.29, 0.717) is 12.1 Å². The largest absolute Gasteiger partial charge is 0.342 e. The first kappa shape index (κ1) is 17.6. The third-order valence-electron chi connectivity index (χ3n) is 4.38. The Hall–Kier alpha value is -3.80. The van der Waals surface area contributed by atoms with Crippen LogP contribution in [-0.4, -0.2) is 21.7 Å². The highest BCUT2D eigenvalue weighted by Gasteiger charge is 2.08. The number of fused-ring (bicyclic) bond motifs is 1. The van der Waals surface area contributed by atoms with Crippen molar-refractivity contribution in [3.63, 3.8) is 0 Å². The van der Waals surface area contributed by atoms with Gasteiger partial charge in [0.2, 0.25) is 0 Å². The predicted molar refractivity (Wildman–Crippen MR) is 107 cm³/mol. The molecule has 0 aliphatic rings. The maximum absolute atomic E-state index is 13.1. The van der Waals surface area contributed by atoms with Gasteiger partial charge in [0.15, 0.2) is 0 Å². The van der Waals surface area contributed by atoms with Gasteiger partial charge in [0.25, 0.3) is 5.91 Å². The molecule has 2 aromatic heterocycles. The number of halogens is 1. The summed E-state index contributed by atoms with van der Waals surface area (Å²) in [6.45, 7) is 0.608. The second kappa shape index (κ2) is 7.84. The Labute approximate surface area is 161 Å². The highest BCUT2D eigenvalue weighted by atomic mass is 19.1. The molecule has 0 aliphatic heterocycles. The summed E-state index contributed by atoms with van der Waals surface area (Å²) in [6, 6.07) is 17.8. The molecule has 1 N–H and O–H groups in total. The lowest BCUT2D eigenvalue weighted by Gasteiger charge is -2.05. The van der Waals surface area contributed by atoms with Gasteiger partial charge in [-0.2, -0.15) is 5.10 Å². The van der Waals surface area contributed by atoms with Gasteiger partial charge in [-0.1, -0.05) is 30.3 Å². The van der Waals surface area contributed by atoms with E-state index in [1.54, 1.807) is 36.7 Å². The van der Waals surface area contributed by atoms with Crippen LogP contribution in [0, 0.1) is 5.82 Å². The van der Waals surface area contributed by atoms with Gasteiger partial charge in [-0.25, -0.2) is 9.82 Å². The van der Waals surface area contributed by atoms with E-state index in [0.717, 1.165) is 22.0 Å². The van der Waals surface area contributed by atoms with Crippen LogP contribution in [0.25, 0.3) is 10.9 Å². The highest BCUT2D eigenvalue weighted by molar-refractivity contribution is 6.00. The maximum Gasteiger partial charge on any atom is 0.272 e. The van der Waals surface area contributed by atoms with Crippen LogP contribution in [0.1, 0.15) is 21.5 Å². The molecule has 6 heteroatoms. The summed E-state index contributed by atoms with van der Waals surface area (Å²) >= 11 is 0. The van der Waals surface area contributed by atoms with E-state index in [-0.39, 0.29) is 11.7 Å². The summed E-state index contributed by atoms with van der Waals surface area (Å²) in [4.78, 5) is 16.0. The standard InChI is InChI=1S/C22H17FN4O/c23-19-9-7-16(8-10-19)14-27-15-18(20-5-1-2-6-21(20)27)13-25-26-22(28)17-4-3-11-24-12-17/h1-13,15H,14H2,(H,26,28)/b25-13-. The lowest BCUT2D eigenvalue weighted by molar-refractivity contribution is 0.0955. The van der Waals surface area contributed by atoms with Crippen molar-refractivity contribution in [1.82, 2.24) is 15.0 Å². The van der Waals surface area contributed by atoms with Crippen LogP contribution in [-0.2, 0) is 6.54 Å². The van der Waals surface area contributed by atoms with Crippen molar-refractivity contribution in [2.75, 3.05) is 0 Å². The number of nitrogens with one attached hydrogen (secondary N) is 1. The fourth-order valence-corrected chi connectivity index (χ4v) is 3.02. The molecular weight excluding hydrogens is 355 g/mol. The molecule has 2 heterocycles. The van der Waals surface area contributed by atoms with Crippen molar-refractivity contribution in [3.8, 4) is 0 Å². The third kappa shape index (κ3) is 3.81. The van der Waals surface area contributed by atoms with Crippen molar-refractivity contribution in [2.45, 2.75) is 6.54 Å². The van der Waals surface area contributed by atoms with Crippen LogP contribution in [0.2, 0.25) is 0 Å². The number of rotatable bonds is 5. The minimum atomic E-state index is -0.320. The van der Waals surface area contributed by atoms with Gasteiger partial charge in [-0.05, 0) is 35.9 Å². The molecular formula is C22H17FN4O. The zero-order valence-electron chi connectivity index (χ0n) is 14.9. The molecule has 0 spiro atoms. The molecule has 138 valence electrons. The van der Waals surface area contributed by atoms with Crippen LogP contribution in [0.4, 0.5) is 4.39 Å². The summed E-state index contributed by atoms with van der Waals surface area (Å²) in [5.41, 5.74) is 5.87. The van der Waals surface area contributed by atoms with Crippen LogP contribution < -0.4 is 5.43 Å². The van der Waals surface area contributed by atoms with E-state index in [2.05, 4.69) is 20.1 Å². The van der Waals surface area contributed by atoms with Crippen molar-refractivity contribution in [3.05, 3.63) is 102 Å². The summed E-state index contributed by atoms with van der Waals surface area (Å²) in [6.07, 6.45) is 6.68. The van der Waals surface area contributed by atoms with Crippen LogP contribution in [0.15, 0.2) is 84.4 Å². The monoisotopic (exact) mass is 372 g/mol. The number of amides is 1. The molecule has 28 heavy (non-hydrogen) atoms. The average Bonchev–Trinajstić information content (AvgIpc) is 3.08. The minimum Gasteiger partial charge on any atom is -0.342 e. The SMILES string of the molecule is O=C(N/N=C\c1cn(Cc2ccc(F)cc2)c2ccccc12)c1cccnc1. The molecule has 0 saturated carbocycles. The number of carbonyl (C=O) groups excluding carboxylic acids is 1. The van der Waals surface area contributed by atoms with Gasteiger partial charge in [-0.3, -0.25) is 9.78 Å². The number of benzene rings is 2. The number of pyridine rings is 1. The van der Waals surface area contributed by atoms with E-state index in [9.17, 15) is 9.18 Å². The summed E-state index contributed by atoms with van der Waals surface area (Å²) < 4.78 is 15.2. The predicted octanol–water partition coefficient (Wildman–Crippen LogP) is 3.99. The summed E-state index contributed by atoms with van der Waals surface area (Å²) in [5.74, 6) is -0.572. The molecule has 1 amide bonds. The van der Waals surface area contributed by atoms with Crippen molar-refractivity contribution in [2.24, 2.45) is 5.10 Å². The van der Waals surface area contributed by atoms with E-state index in [1.807, 2.05) is 30.5 Å². The Morgan fingerprint density at radius 2 is 1.93 bits per heavy atom. The Balaban J connectivity index is 1.57. The molecule has 4 aromatic rings. The number of carbonyl (C=O) groups is 1. The number of hydrogen-bond acceptors (Lipinski definition) is 3. The minimum absolute atomic E-state index is 0.252. The smallest absolute Gasteiger partial charge is 0.272 e. The molecule has 0 saturated heterocycles. The van der Waals surface area contributed by atoms with E-state index in [4.69, 9.17) is 0 Å². The highest BCUT2D eigenvalue weighted by Crippen LogP contribution is 2.21. The van der Waals surface area contributed by atoms with Gasteiger partial charge < -0.3 is 4.57 Å². The molecule has 0 atom stereocenters. The van der Waals surface area contributed by atoms with Gasteiger partial charge in [0.05, 0.1) is 11.8 Å². The summed E-state index contributed by atoms with van der Waals surface area (Å²) in [5, 5.41) is 5.10. The Kier molecular flexibility index (Phi) is 4.93. The zero-order chi connectivity index (χ0) is 19.3. The number of nitrogens with zero attached hydrogens (tertiary/aromatic N) is 3. The fraction of sp³-hybridized carbons (Fsp3) is 0.0455. The third-order valence-corrected chi connectivity index (χ3v) is 4.38. The second-order valence-corrected chi connectivity index (χ2v) is 6.30. The van der Waals surface area contributed by atoms with E-state index in [1.165, 1.54) is 18.3 Å². The lowest BCUT2D eigenvalue weighted by Crippen LogP contribution is -2.17. The first-order valence-electron chi connectivity index (χ1n) is 8.76. The summed E-state index contributed by atoms with van der Waals surface area (Å²) in [7, 11) is 0. The zero-order valence-corrected chi connectivity index (χ0v) is 14.9. The normalized spacial score (nSPS) is 11.2. The number of aromatic nitrogens is 2. The molecule has 0 bridgehead atoms. The van der Waals surface area contributed by atoms with Gasteiger partial charge in [0, 0.05) is 41.6 Å². The molecule has 0 radical (unpaired) electrons. The molecule has 2 aromatic carbocycles. The number of hydrogen-bond donors (Lipinski definition) is 1. The topological polar surface area (TPSA) is 59.3 Å².